The number of benzene rings is 2. The molecule has 112 valence electrons. The summed E-state index contributed by atoms with van der Waals surface area (Å²) >= 11 is 7.06. The molecule has 2 rings (SSSR count). The van der Waals surface area contributed by atoms with E-state index in [4.69, 9.17) is 4.74 Å². The van der Waals surface area contributed by atoms with E-state index in [1.165, 1.54) is 5.56 Å². The highest BCUT2D eigenvalue weighted by atomic mass is 79.9. The molecule has 0 amide bonds. The fourth-order valence-corrected chi connectivity index (χ4v) is 2.64. The van der Waals surface area contributed by atoms with E-state index in [0.29, 0.717) is 0 Å². The molecular weight excluding hydrogens is 394 g/mol. The Morgan fingerprint density at radius 2 is 1.71 bits per heavy atom. The van der Waals surface area contributed by atoms with Crippen molar-refractivity contribution in [1.82, 2.24) is 5.32 Å². The van der Waals surface area contributed by atoms with Gasteiger partial charge in [0.15, 0.2) is 0 Å². The van der Waals surface area contributed by atoms with Crippen molar-refractivity contribution in [2.45, 2.75) is 32.9 Å². The minimum atomic E-state index is 0.102. The predicted molar refractivity (Wildman–Crippen MR) is 95.0 cm³/mol. The fraction of sp³-hybridized carbons (Fsp3) is 0.294. The van der Waals surface area contributed by atoms with Gasteiger partial charge in [0.1, 0.15) is 11.5 Å². The van der Waals surface area contributed by atoms with Crippen molar-refractivity contribution in [2.24, 2.45) is 0 Å². The molecule has 2 aromatic carbocycles. The molecule has 0 saturated carbocycles. The molecule has 0 spiro atoms. The van der Waals surface area contributed by atoms with Crippen LogP contribution in [-0.4, -0.2) is 5.54 Å². The lowest BCUT2D eigenvalue weighted by Gasteiger charge is -2.21. The number of rotatable bonds is 4. The lowest BCUT2D eigenvalue weighted by Crippen LogP contribution is -2.35. The van der Waals surface area contributed by atoms with Crippen molar-refractivity contribution >= 4 is 31.9 Å². The number of halogens is 2. The molecule has 1 N–H and O–H groups in total. The summed E-state index contributed by atoms with van der Waals surface area (Å²) in [6, 6.07) is 13.9. The maximum Gasteiger partial charge on any atom is 0.128 e. The Balaban J connectivity index is 2.08. The van der Waals surface area contributed by atoms with E-state index in [-0.39, 0.29) is 5.54 Å². The minimum Gasteiger partial charge on any atom is -0.457 e. The van der Waals surface area contributed by atoms with E-state index in [9.17, 15) is 0 Å². The summed E-state index contributed by atoms with van der Waals surface area (Å²) in [5.41, 5.74) is 1.32. The topological polar surface area (TPSA) is 21.3 Å². The van der Waals surface area contributed by atoms with Gasteiger partial charge in [0.25, 0.3) is 0 Å². The van der Waals surface area contributed by atoms with Crippen LogP contribution in [0.25, 0.3) is 0 Å². The SMILES string of the molecule is CC(C)(C)NCc1ccc(Oc2cccc(Br)c2)cc1Br. The second kappa shape index (κ2) is 6.95. The normalized spacial score (nSPS) is 11.5. The van der Waals surface area contributed by atoms with Crippen LogP contribution in [0.2, 0.25) is 0 Å². The Labute approximate surface area is 143 Å². The molecule has 0 bridgehead atoms. The van der Waals surface area contributed by atoms with Crippen molar-refractivity contribution < 1.29 is 4.74 Å². The molecule has 0 saturated heterocycles. The Kier molecular flexibility index (Phi) is 5.47. The van der Waals surface area contributed by atoms with Crippen molar-refractivity contribution in [3.05, 3.63) is 57.0 Å². The van der Waals surface area contributed by atoms with Crippen LogP contribution in [0.5, 0.6) is 11.5 Å². The van der Waals surface area contributed by atoms with Crippen LogP contribution in [0.3, 0.4) is 0 Å². The zero-order chi connectivity index (χ0) is 15.5. The molecule has 0 radical (unpaired) electrons. The first-order chi connectivity index (χ1) is 9.83. The summed E-state index contributed by atoms with van der Waals surface area (Å²) < 4.78 is 7.91. The molecule has 2 nitrogen and oxygen atoms in total. The van der Waals surface area contributed by atoms with E-state index in [0.717, 1.165) is 27.0 Å². The van der Waals surface area contributed by atoms with Gasteiger partial charge in [-0.1, -0.05) is 44.0 Å². The first kappa shape index (κ1) is 16.5. The highest BCUT2D eigenvalue weighted by Crippen LogP contribution is 2.28. The first-order valence-electron chi connectivity index (χ1n) is 6.80. The highest BCUT2D eigenvalue weighted by Gasteiger charge is 2.10. The molecule has 0 unspecified atom stereocenters. The van der Waals surface area contributed by atoms with Crippen LogP contribution in [0.4, 0.5) is 0 Å². The largest absolute Gasteiger partial charge is 0.457 e. The third-order valence-corrected chi connectivity index (χ3v) is 4.10. The Morgan fingerprint density at radius 1 is 1.00 bits per heavy atom. The van der Waals surface area contributed by atoms with Gasteiger partial charge >= 0.3 is 0 Å². The molecule has 21 heavy (non-hydrogen) atoms. The van der Waals surface area contributed by atoms with Crippen LogP contribution in [-0.2, 0) is 6.54 Å². The molecule has 0 aliphatic heterocycles. The number of hydrogen-bond donors (Lipinski definition) is 1. The molecular formula is C17H19Br2NO. The summed E-state index contributed by atoms with van der Waals surface area (Å²) in [6.45, 7) is 7.30. The number of ether oxygens (including phenoxy) is 1. The Hall–Kier alpha value is -0.840. The number of nitrogens with one attached hydrogen (secondary N) is 1. The predicted octanol–water partition coefficient (Wildman–Crippen LogP) is 5.89. The summed E-state index contributed by atoms with van der Waals surface area (Å²) in [7, 11) is 0. The average molecular weight is 413 g/mol. The monoisotopic (exact) mass is 411 g/mol. The van der Waals surface area contributed by atoms with Crippen LogP contribution in [0.1, 0.15) is 26.3 Å². The standard InChI is InChI=1S/C17H19Br2NO/c1-17(2,3)20-11-12-7-8-15(10-16(12)19)21-14-6-4-5-13(18)9-14/h4-10,20H,11H2,1-3H3. The van der Waals surface area contributed by atoms with Crippen molar-refractivity contribution in [3.63, 3.8) is 0 Å². The van der Waals surface area contributed by atoms with Crippen LogP contribution >= 0.6 is 31.9 Å². The van der Waals surface area contributed by atoms with Gasteiger partial charge in [0.2, 0.25) is 0 Å². The minimum absolute atomic E-state index is 0.102. The second-order valence-corrected chi connectivity index (χ2v) is 7.69. The maximum absolute atomic E-state index is 5.86. The van der Waals surface area contributed by atoms with Gasteiger partial charge in [0.05, 0.1) is 0 Å². The van der Waals surface area contributed by atoms with Crippen LogP contribution < -0.4 is 10.1 Å². The van der Waals surface area contributed by atoms with Gasteiger partial charge in [-0.15, -0.1) is 0 Å². The van der Waals surface area contributed by atoms with Crippen LogP contribution in [0, 0.1) is 0 Å². The summed E-state index contributed by atoms with van der Waals surface area (Å²) in [4.78, 5) is 0. The molecule has 4 heteroatoms. The fourth-order valence-electron chi connectivity index (χ4n) is 1.76. The van der Waals surface area contributed by atoms with Gasteiger partial charge < -0.3 is 10.1 Å². The molecule has 0 heterocycles. The quantitative estimate of drug-likeness (QED) is 0.675. The van der Waals surface area contributed by atoms with Crippen molar-refractivity contribution in [2.75, 3.05) is 0 Å². The molecule has 0 aliphatic rings. The second-order valence-electron chi connectivity index (χ2n) is 5.92. The summed E-state index contributed by atoms with van der Waals surface area (Å²) in [5.74, 6) is 1.64. The van der Waals surface area contributed by atoms with Gasteiger partial charge in [-0.25, -0.2) is 0 Å². The zero-order valence-corrected chi connectivity index (χ0v) is 15.6. The van der Waals surface area contributed by atoms with Crippen LogP contribution in [0.15, 0.2) is 51.4 Å². The third-order valence-electron chi connectivity index (χ3n) is 2.87. The van der Waals surface area contributed by atoms with Crippen molar-refractivity contribution in [1.29, 1.82) is 0 Å². The summed E-state index contributed by atoms with van der Waals surface area (Å²) in [5, 5.41) is 3.48. The Bertz CT molecular complexity index is 620. The first-order valence-corrected chi connectivity index (χ1v) is 8.39. The zero-order valence-electron chi connectivity index (χ0n) is 12.4. The van der Waals surface area contributed by atoms with E-state index in [1.54, 1.807) is 0 Å². The van der Waals surface area contributed by atoms with Gasteiger partial charge in [-0.05, 0) is 56.7 Å². The molecule has 0 aromatic heterocycles. The highest BCUT2D eigenvalue weighted by molar-refractivity contribution is 9.10. The third kappa shape index (κ3) is 5.46. The van der Waals surface area contributed by atoms with E-state index in [2.05, 4.69) is 64.0 Å². The Morgan fingerprint density at radius 3 is 2.33 bits per heavy atom. The molecule has 0 aliphatic carbocycles. The van der Waals surface area contributed by atoms with Gasteiger partial charge in [-0.3, -0.25) is 0 Å². The van der Waals surface area contributed by atoms with Crippen molar-refractivity contribution in [3.8, 4) is 11.5 Å². The van der Waals surface area contributed by atoms with Gasteiger partial charge in [0, 0.05) is 21.0 Å². The van der Waals surface area contributed by atoms with E-state index >= 15 is 0 Å². The lowest BCUT2D eigenvalue weighted by atomic mass is 10.1. The maximum atomic E-state index is 5.86. The lowest BCUT2D eigenvalue weighted by molar-refractivity contribution is 0.423. The number of hydrogen-bond acceptors (Lipinski definition) is 2. The molecule has 2 aromatic rings. The molecule has 0 atom stereocenters. The van der Waals surface area contributed by atoms with Gasteiger partial charge in [-0.2, -0.15) is 0 Å². The summed E-state index contributed by atoms with van der Waals surface area (Å²) in [6.07, 6.45) is 0. The average Bonchev–Trinajstić information content (AvgIpc) is 2.36. The smallest absolute Gasteiger partial charge is 0.128 e. The van der Waals surface area contributed by atoms with E-state index < -0.39 is 0 Å². The molecule has 0 fully saturated rings. The van der Waals surface area contributed by atoms with E-state index in [1.807, 2.05) is 36.4 Å².